The molecule has 1 atom stereocenters. The molecule has 0 radical (unpaired) electrons. The number of ether oxygens (including phenoxy) is 2. The van der Waals surface area contributed by atoms with Gasteiger partial charge in [0.15, 0.2) is 6.61 Å². The summed E-state index contributed by atoms with van der Waals surface area (Å²) < 4.78 is 16.4. The minimum Gasteiger partial charge on any atom is -0.497 e. The molecule has 1 fully saturated rings. The second kappa shape index (κ2) is 9.62. The van der Waals surface area contributed by atoms with Gasteiger partial charge in [-0.05, 0) is 54.7 Å². The lowest BCUT2D eigenvalue weighted by Crippen LogP contribution is -2.50. The van der Waals surface area contributed by atoms with Crippen LogP contribution in [-0.2, 0) is 30.9 Å². The van der Waals surface area contributed by atoms with Gasteiger partial charge in [-0.2, -0.15) is 4.98 Å². The lowest BCUT2D eigenvalue weighted by atomic mass is 9.93. The maximum atomic E-state index is 13.3. The van der Waals surface area contributed by atoms with Gasteiger partial charge in [0.1, 0.15) is 11.5 Å². The molecule has 2 aliphatic rings. The molecule has 1 aromatic heterocycles. The zero-order valence-electron chi connectivity index (χ0n) is 18.8. The molecule has 172 valence electrons. The Morgan fingerprint density at radius 3 is 2.55 bits per heavy atom. The van der Waals surface area contributed by atoms with Gasteiger partial charge in [0.05, 0.1) is 19.7 Å². The van der Waals surface area contributed by atoms with Gasteiger partial charge in [0.25, 0.3) is 0 Å². The second-order valence-electron chi connectivity index (χ2n) is 8.49. The number of rotatable bonds is 7. The summed E-state index contributed by atoms with van der Waals surface area (Å²) in [7, 11) is 1.63. The first-order chi connectivity index (χ1) is 16.2. The number of fused-ring (bicyclic) bond motifs is 1. The van der Waals surface area contributed by atoms with Crippen molar-refractivity contribution in [1.29, 1.82) is 0 Å². The van der Waals surface area contributed by atoms with E-state index in [0.717, 1.165) is 31.7 Å². The van der Waals surface area contributed by atoms with Crippen LogP contribution in [0.1, 0.15) is 35.7 Å². The number of nitrogens with zero attached hydrogens (tertiary/aromatic N) is 4. The lowest BCUT2D eigenvalue weighted by molar-refractivity contribution is -0.137. The standard InChI is InChI=1S/C25H28N4O4/c1-31-20-8-10-21(11-9-20)32-17-23-26-24(33-27-23)16-29-15-19-7-3-2-6-18(19)14-22(29)25(30)28-12-4-5-13-28/h2-3,6-11,22H,4-5,12-17H2,1H3/t22-/m0/s1. The fraction of sp³-hybridized carbons (Fsp3) is 0.400. The third-order valence-corrected chi connectivity index (χ3v) is 6.32. The molecule has 0 bridgehead atoms. The van der Waals surface area contributed by atoms with E-state index in [0.29, 0.717) is 37.0 Å². The Morgan fingerprint density at radius 2 is 1.79 bits per heavy atom. The van der Waals surface area contributed by atoms with E-state index in [1.54, 1.807) is 7.11 Å². The molecule has 1 amide bonds. The monoisotopic (exact) mass is 448 g/mol. The molecule has 0 saturated carbocycles. The van der Waals surface area contributed by atoms with Crippen LogP contribution in [0.15, 0.2) is 53.1 Å². The third kappa shape index (κ3) is 4.85. The lowest BCUT2D eigenvalue weighted by Gasteiger charge is -2.37. The molecule has 8 heteroatoms. The van der Waals surface area contributed by atoms with E-state index in [1.807, 2.05) is 41.3 Å². The number of hydrogen-bond acceptors (Lipinski definition) is 7. The van der Waals surface area contributed by atoms with Gasteiger partial charge in [0, 0.05) is 19.6 Å². The SMILES string of the molecule is COc1ccc(OCc2noc(CN3Cc4ccccc4C[C@H]3C(=O)N3CCCC3)n2)cc1. The Bertz CT molecular complexity index is 1090. The molecule has 0 spiro atoms. The summed E-state index contributed by atoms with van der Waals surface area (Å²) in [6, 6.07) is 15.5. The Balaban J connectivity index is 1.27. The molecule has 33 heavy (non-hydrogen) atoms. The van der Waals surface area contributed by atoms with Crippen molar-refractivity contribution < 1.29 is 18.8 Å². The van der Waals surface area contributed by atoms with Crippen molar-refractivity contribution in [2.75, 3.05) is 20.2 Å². The van der Waals surface area contributed by atoms with Gasteiger partial charge in [-0.15, -0.1) is 0 Å². The summed E-state index contributed by atoms with van der Waals surface area (Å²) in [6.07, 6.45) is 2.86. The summed E-state index contributed by atoms with van der Waals surface area (Å²) in [5.74, 6) is 2.63. The molecule has 5 rings (SSSR count). The van der Waals surface area contributed by atoms with Crippen molar-refractivity contribution in [2.24, 2.45) is 0 Å². The van der Waals surface area contributed by atoms with E-state index in [2.05, 4.69) is 27.2 Å². The number of methoxy groups -OCH3 is 1. The van der Waals surface area contributed by atoms with Crippen LogP contribution in [0, 0.1) is 0 Å². The summed E-state index contributed by atoms with van der Waals surface area (Å²) in [4.78, 5) is 22.0. The van der Waals surface area contributed by atoms with Crippen LogP contribution >= 0.6 is 0 Å². The second-order valence-corrected chi connectivity index (χ2v) is 8.49. The van der Waals surface area contributed by atoms with E-state index in [-0.39, 0.29) is 18.6 Å². The number of likely N-dealkylation sites (tertiary alicyclic amines) is 1. The molecule has 0 N–H and O–H groups in total. The molecular formula is C25H28N4O4. The number of hydrogen-bond donors (Lipinski definition) is 0. The van der Waals surface area contributed by atoms with E-state index >= 15 is 0 Å². The number of amides is 1. The predicted molar refractivity (Wildman–Crippen MR) is 121 cm³/mol. The summed E-state index contributed by atoms with van der Waals surface area (Å²) in [6.45, 7) is 3.00. The first kappa shape index (κ1) is 21.5. The van der Waals surface area contributed by atoms with Crippen molar-refractivity contribution in [3.8, 4) is 11.5 Å². The average Bonchev–Trinajstić information content (AvgIpc) is 3.55. The van der Waals surface area contributed by atoms with Gasteiger partial charge in [-0.3, -0.25) is 9.69 Å². The predicted octanol–water partition coefficient (Wildman–Crippen LogP) is 3.21. The van der Waals surface area contributed by atoms with E-state index in [4.69, 9.17) is 14.0 Å². The number of benzene rings is 2. The van der Waals surface area contributed by atoms with Crippen LogP contribution in [0.3, 0.4) is 0 Å². The van der Waals surface area contributed by atoms with Crippen molar-refractivity contribution >= 4 is 5.91 Å². The van der Waals surface area contributed by atoms with E-state index in [1.165, 1.54) is 11.1 Å². The van der Waals surface area contributed by atoms with Crippen molar-refractivity contribution in [3.63, 3.8) is 0 Å². The first-order valence-electron chi connectivity index (χ1n) is 11.4. The number of carbonyl (C=O) groups excluding carboxylic acids is 1. The van der Waals surface area contributed by atoms with Crippen LogP contribution in [0.5, 0.6) is 11.5 Å². The van der Waals surface area contributed by atoms with Crippen molar-refractivity contribution in [3.05, 3.63) is 71.4 Å². The normalized spacial score (nSPS) is 18.2. The highest BCUT2D eigenvalue weighted by Crippen LogP contribution is 2.27. The fourth-order valence-electron chi connectivity index (χ4n) is 4.54. The van der Waals surface area contributed by atoms with Gasteiger partial charge >= 0.3 is 0 Å². The van der Waals surface area contributed by atoms with Gasteiger partial charge in [-0.1, -0.05) is 29.4 Å². The third-order valence-electron chi connectivity index (χ3n) is 6.32. The zero-order chi connectivity index (χ0) is 22.6. The molecule has 3 heterocycles. The molecule has 0 unspecified atom stereocenters. The van der Waals surface area contributed by atoms with Crippen molar-refractivity contribution in [1.82, 2.24) is 19.9 Å². The van der Waals surface area contributed by atoms with Crippen LogP contribution < -0.4 is 9.47 Å². The molecule has 2 aliphatic heterocycles. The topological polar surface area (TPSA) is 80.9 Å². The van der Waals surface area contributed by atoms with E-state index < -0.39 is 0 Å². The van der Waals surface area contributed by atoms with Crippen LogP contribution in [0.25, 0.3) is 0 Å². The summed E-state index contributed by atoms with van der Waals surface area (Å²) in [5.41, 5.74) is 2.48. The van der Waals surface area contributed by atoms with Gasteiger partial charge in [0.2, 0.25) is 17.6 Å². The highest BCUT2D eigenvalue weighted by molar-refractivity contribution is 5.82. The van der Waals surface area contributed by atoms with Crippen LogP contribution in [0.4, 0.5) is 0 Å². The van der Waals surface area contributed by atoms with Crippen LogP contribution in [0.2, 0.25) is 0 Å². The van der Waals surface area contributed by atoms with Gasteiger partial charge in [-0.25, -0.2) is 0 Å². The quantitative estimate of drug-likeness (QED) is 0.549. The van der Waals surface area contributed by atoms with Gasteiger partial charge < -0.3 is 18.9 Å². The molecule has 0 aliphatic carbocycles. The summed E-state index contributed by atoms with van der Waals surface area (Å²) >= 11 is 0. The minimum absolute atomic E-state index is 0.199. The van der Waals surface area contributed by atoms with Crippen molar-refractivity contribution in [2.45, 2.75) is 45.0 Å². The maximum Gasteiger partial charge on any atom is 0.240 e. The summed E-state index contributed by atoms with van der Waals surface area (Å²) in [5, 5.41) is 4.06. The minimum atomic E-state index is -0.219. The highest BCUT2D eigenvalue weighted by Gasteiger charge is 2.35. The smallest absolute Gasteiger partial charge is 0.240 e. The number of carbonyl (C=O) groups is 1. The first-order valence-corrected chi connectivity index (χ1v) is 11.4. The average molecular weight is 449 g/mol. The Labute approximate surface area is 193 Å². The molecule has 1 saturated heterocycles. The molecular weight excluding hydrogens is 420 g/mol. The Kier molecular flexibility index (Phi) is 6.26. The van der Waals surface area contributed by atoms with E-state index in [9.17, 15) is 4.79 Å². The number of aromatic nitrogens is 2. The highest BCUT2D eigenvalue weighted by atomic mass is 16.5. The maximum absolute atomic E-state index is 13.3. The molecule has 3 aromatic rings. The van der Waals surface area contributed by atoms with Crippen LogP contribution in [-0.4, -0.2) is 52.1 Å². The zero-order valence-corrected chi connectivity index (χ0v) is 18.8. The Hall–Kier alpha value is -3.39. The molecule has 2 aromatic carbocycles. The Morgan fingerprint density at radius 1 is 1.06 bits per heavy atom. The largest absolute Gasteiger partial charge is 0.497 e. The fourth-order valence-corrected chi connectivity index (χ4v) is 4.54. The molecule has 8 nitrogen and oxygen atoms in total.